The third-order valence-corrected chi connectivity index (χ3v) is 4.84. The van der Waals surface area contributed by atoms with Crippen molar-refractivity contribution in [2.75, 3.05) is 19.0 Å². The van der Waals surface area contributed by atoms with Crippen LogP contribution in [0.25, 0.3) is 6.08 Å². The number of aryl methyl sites for hydroxylation is 1. The van der Waals surface area contributed by atoms with E-state index in [4.69, 9.17) is 21.1 Å². The van der Waals surface area contributed by atoms with Gasteiger partial charge in [0, 0.05) is 17.2 Å². The Morgan fingerprint density at radius 3 is 2.78 bits per heavy atom. The summed E-state index contributed by atoms with van der Waals surface area (Å²) >= 11 is 6.23. The van der Waals surface area contributed by atoms with Crippen LogP contribution in [0.1, 0.15) is 23.6 Å². The lowest BCUT2D eigenvalue weighted by atomic mass is 10.2. The monoisotopic (exact) mass is 461 g/mol. The molecule has 32 heavy (non-hydrogen) atoms. The van der Waals surface area contributed by atoms with Gasteiger partial charge in [0.2, 0.25) is 5.91 Å². The Morgan fingerprint density at radius 1 is 1.28 bits per heavy atom. The summed E-state index contributed by atoms with van der Waals surface area (Å²) in [7, 11) is 1.49. The topological polar surface area (TPSA) is 65.4 Å². The van der Waals surface area contributed by atoms with E-state index in [1.54, 1.807) is 25.1 Å². The van der Waals surface area contributed by atoms with Crippen LogP contribution in [0.2, 0.25) is 5.02 Å². The molecule has 0 aliphatic rings. The molecule has 0 radical (unpaired) electrons. The summed E-state index contributed by atoms with van der Waals surface area (Å²) < 4.78 is 39.7. The number of halogens is 3. The zero-order valence-electron chi connectivity index (χ0n) is 17.8. The number of methoxy groups -OCH3 is 1. The largest absolute Gasteiger partial charge is 0.491 e. The summed E-state index contributed by atoms with van der Waals surface area (Å²) in [5, 5.41) is 7.24. The molecule has 1 heterocycles. The molecule has 1 N–H and O–H groups in total. The average Bonchev–Trinajstić information content (AvgIpc) is 3.08. The number of hydrogen-bond donors (Lipinski definition) is 1. The third kappa shape index (κ3) is 5.45. The van der Waals surface area contributed by atoms with Gasteiger partial charge in [0.05, 0.1) is 31.5 Å². The summed E-state index contributed by atoms with van der Waals surface area (Å²) in [6, 6.07) is 6.55. The number of benzene rings is 2. The molecule has 0 bridgehead atoms. The maximum atomic E-state index is 14.0. The van der Waals surface area contributed by atoms with Crippen molar-refractivity contribution in [3.8, 4) is 11.5 Å². The molecule has 0 unspecified atom stereocenters. The van der Waals surface area contributed by atoms with Crippen molar-refractivity contribution in [3.05, 3.63) is 76.0 Å². The summed E-state index contributed by atoms with van der Waals surface area (Å²) in [4.78, 5) is 12.5. The van der Waals surface area contributed by atoms with Crippen LogP contribution in [-0.4, -0.2) is 29.4 Å². The average molecular weight is 462 g/mol. The number of rotatable bonds is 8. The SMILES string of the molecule is CCOc1cc(/C=C/C(=O)Nc2c(C)cnn2Cc2cc(F)ccc2F)cc(Cl)c1OC. The van der Waals surface area contributed by atoms with Gasteiger partial charge in [-0.25, -0.2) is 13.5 Å². The van der Waals surface area contributed by atoms with Gasteiger partial charge in [-0.2, -0.15) is 5.10 Å². The molecule has 1 amide bonds. The number of ether oxygens (including phenoxy) is 2. The number of anilines is 1. The minimum atomic E-state index is -0.557. The van der Waals surface area contributed by atoms with Crippen molar-refractivity contribution < 1.29 is 23.0 Å². The first-order chi connectivity index (χ1) is 15.3. The van der Waals surface area contributed by atoms with E-state index in [-0.39, 0.29) is 12.1 Å². The van der Waals surface area contributed by atoms with Gasteiger partial charge >= 0.3 is 0 Å². The molecule has 1 aromatic heterocycles. The minimum absolute atomic E-state index is 0.0391. The Kier molecular flexibility index (Phi) is 7.48. The maximum Gasteiger partial charge on any atom is 0.249 e. The second-order valence-electron chi connectivity index (χ2n) is 6.86. The Labute approximate surface area is 189 Å². The van der Waals surface area contributed by atoms with Gasteiger partial charge in [0.1, 0.15) is 17.5 Å². The molecule has 168 valence electrons. The van der Waals surface area contributed by atoms with E-state index in [0.29, 0.717) is 40.1 Å². The first-order valence-corrected chi connectivity index (χ1v) is 10.2. The number of hydrogen-bond acceptors (Lipinski definition) is 4. The van der Waals surface area contributed by atoms with Gasteiger partial charge in [-0.1, -0.05) is 11.6 Å². The molecule has 9 heteroatoms. The molecule has 6 nitrogen and oxygen atoms in total. The van der Waals surface area contributed by atoms with Crippen LogP contribution in [0, 0.1) is 18.6 Å². The molecule has 0 saturated heterocycles. The lowest BCUT2D eigenvalue weighted by Crippen LogP contribution is -2.15. The molecule has 0 spiro atoms. The number of carbonyl (C=O) groups is 1. The molecule has 3 rings (SSSR count). The van der Waals surface area contributed by atoms with E-state index in [1.807, 2.05) is 6.92 Å². The fraction of sp³-hybridized carbons (Fsp3) is 0.217. The van der Waals surface area contributed by atoms with Gasteiger partial charge in [-0.15, -0.1) is 0 Å². The van der Waals surface area contributed by atoms with E-state index in [2.05, 4.69) is 10.4 Å². The van der Waals surface area contributed by atoms with E-state index in [1.165, 1.54) is 24.1 Å². The van der Waals surface area contributed by atoms with Crippen molar-refractivity contribution in [1.82, 2.24) is 9.78 Å². The Bertz CT molecular complexity index is 1160. The normalized spacial score (nSPS) is 11.1. The quantitative estimate of drug-likeness (QED) is 0.466. The summed E-state index contributed by atoms with van der Waals surface area (Å²) in [5.74, 6) is -0.278. The number of nitrogens with zero attached hydrogens (tertiary/aromatic N) is 2. The third-order valence-electron chi connectivity index (χ3n) is 4.55. The maximum absolute atomic E-state index is 14.0. The van der Waals surface area contributed by atoms with Crippen LogP contribution >= 0.6 is 11.6 Å². The van der Waals surface area contributed by atoms with Crippen LogP contribution in [0.5, 0.6) is 11.5 Å². The second-order valence-corrected chi connectivity index (χ2v) is 7.27. The Morgan fingerprint density at radius 2 is 2.06 bits per heavy atom. The van der Waals surface area contributed by atoms with Gasteiger partial charge in [0.15, 0.2) is 11.5 Å². The zero-order valence-corrected chi connectivity index (χ0v) is 18.5. The first-order valence-electron chi connectivity index (χ1n) is 9.78. The van der Waals surface area contributed by atoms with E-state index in [0.717, 1.165) is 18.2 Å². The zero-order chi connectivity index (χ0) is 23.3. The van der Waals surface area contributed by atoms with E-state index < -0.39 is 17.5 Å². The smallest absolute Gasteiger partial charge is 0.249 e. The van der Waals surface area contributed by atoms with Crippen LogP contribution < -0.4 is 14.8 Å². The number of amides is 1. The molecule has 0 aliphatic carbocycles. The number of aromatic nitrogens is 2. The molecule has 0 aliphatic heterocycles. The van der Waals surface area contributed by atoms with Gasteiger partial charge < -0.3 is 14.8 Å². The molecule has 0 fully saturated rings. The second kappa shape index (κ2) is 10.3. The molecule has 0 atom stereocenters. The van der Waals surface area contributed by atoms with Crippen molar-refractivity contribution >= 4 is 29.4 Å². The predicted molar refractivity (Wildman–Crippen MR) is 119 cm³/mol. The van der Waals surface area contributed by atoms with E-state index >= 15 is 0 Å². The Hall–Kier alpha value is -3.39. The number of nitrogens with one attached hydrogen (secondary N) is 1. The molecular formula is C23H22ClF2N3O3. The minimum Gasteiger partial charge on any atom is -0.491 e. The van der Waals surface area contributed by atoms with Crippen molar-refractivity contribution in [2.45, 2.75) is 20.4 Å². The van der Waals surface area contributed by atoms with Crippen molar-refractivity contribution in [1.29, 1.82) is 0 Å². The number of carbonyl (C=O) groups excluding carboxylic acids is 1. The molecular weight excluding hydrogens is 440 g/mol. The van der Waals surface area contributed by atoms with Crippen molar-refractivity contribution in [3.63, 3.8) is 0 Å². The van der Waals surface area contributed by atoms with Crippen LogP contribution in [-0.2, 0) is 11.3 Å². The van der Waals surface area contributed by atoms with Crippen LogP contribution in [0.4, 0.5) is 14.6 Å². The van der Waals surface area contributed by atoms with Gasteiger partial charge in [-0.05, 0) is 55.8 Å². The standard InChI is InChI=1S/C23H22ClF2N3O3/c1-4-32-20-10-15(9-18(24)22(20)31-3)5-8-21(30)28-23-14(2)12-27-29(23)13-16-11-17(25)6-7-19(16)26/h5-12H,4,13H2,1-3H3,(H,28,30)/b8-5+. The highest BCUT2D eigenvalue weighted by molar-refractivity contribution is 6.32. The van der Waals surface area contributed by atoms with Gasteiger partial charge in [0.25, 0.3) is 0 Å². The van der Waals surface area contributed by atoms with Crippen LogP contribution in [0.15, 0.2) is 42.6 Å². The highest BCUT2D eigenvalue weighted by Crippen LogP contribution is 2.36. The van der Waals surface area contributed by atoms with Crippen molar-refractivity contribution in [2.24, 2.45) is 0 Å². The summed E-state index contributed by atoms with van der Waals surface area (Å²) in [6.45, 7) is 3.98. The van der Waals surface area contributed by atoms with Crippen LogP contribution in [0.3, 0.4) is 0 Å². The molecule has 2 aromatic carbocycles. The lowest BCUT2D eigenvalue weighted by Gasteiger charge is -2.12. The van der Waals surface area contributed by atoms with E-state index in [9.17, 15) is 13.6 Å². The predicted octanol–water partition coefficient (Wildman–Crippen LogP) is 5.23. The molecule has 0 saturated carbocycles. The summed E-state index contributed by atoms with van der Waals surface area (Å²) in [6.07, 6.45) is 4.44. The lowest BCUT2D eigenvalue weighted by molar-refractivity contribution is -0.111. The highest BCUT2D eigenvalue weighted by Gasteiger charge is 2.14. The first kappa shape index (κ1) is 23.3. The van der Waals surface area contributed by atoms with Gasteiger partial charge in [-0.3, -0.25) is 4.79 Å². The summed E-state index contributed by atoms with van der Waals surface area (Å²) in [5.41, 5.74) is 1.44. The Balaban J connectivity index is 1.78. The highest BCUT2D eigenvalue weighted by atomic mass is 35.5. The fourth-order valence-electron chi connectivity index (χ4n) is 3.06. The molecule has 3 aromatic rings. The fourth-order valence-corrected chi connectivity index (χ4v) is 3.36.